The van der Waals surface area contributed by atoms with Gasteiger partial charge in [0, 0.05) is 24.8 Å². The van der Waals surface area contributed by atoms with Crippen LogP contribution in [0.2, 0.25) is 0 Å². The lowest BCUT2D eigenvalue weighted by Crippen LogP contribution is -2.24. The van der Waals surface area contributed by atoms with Gasteiger partial charge in [-0.2, -0.15) is 9.36 Å². The fourth-order valence-corrected chi connectivity index (χ4v) is 5.51. The van der Waals surface area contributed by atoms with Gasteiger partial charge in [0.15, 0.2) is 5.76 Å². The molecule has 1 atom stereocenters. The van der Waals surface area contributed by atoms with Gasteiger partial charge in [-0.3, -0.25) is 4.72 Å². The molecule has 0 fully saturated rings. The first-order chi connectivity index (χ1) is 20.3. The van der Waals surface area contributed by atoms with Crippen molar-refractivity contribution in [2.75, 3.05) is 17.8 Å². The van der Waals surface area contributed by atoms with Gasteiger partial charge in [-0.15, -0.1) is 0 Å². The number of benzene rings is 2. The lowest BCUT2D eigenvalue weighted by molar-refractivity contribution is 0.138. The molecule has 2 aromatic heterocycles. The van der Waals surface area contributed by atoms with Crippen LogP contribution >= 0.6 is 0 Å². The number of hydrogen-bond acceptors (Lipinski definition) is 9. The molecular formula is C29H39N7O5S. The molecule has 2 aromatic carbocycles. The lowest BCUT2D eigenvalue weighted by atomic mass is 10.1. The Labute approximate surface area is 245 Å². The lowest BCUT2D eigenvalue weighted by Gasteiger charge is -2.11. The molecular weight excluding hydrogens is 558 g/mol. The minimum atomic E-state index is -3.84. The highest BCUT2D eigenvalue weighted by molar-refractivity contribution is 7.92. The zero-order chi connectivity index (χ0) is 30.0. The molecule has 0 aliphatic heterocycles. The third-order valence-corrected chi connectivity index (χ3v) is 8.26. The average molecular weight is 598 g/mol. The summed E-state index contributed by atoms with van der Waals surface area (Å²) in [5.74, 6) is 0.423. The van der Waals surface area contributed by atoms with E-state index in [9.17, 15) is 18.3 Å². The summed E-state index contributed by atoms with van der Waals surface area (Å²) in [6.07, 6.45) is 6.57. The molecule has 226 valence electrons. The van der Waals surface area contributed by atoms with E-state index in [4.69, 9.17) is 4.52 Å². The van der Waals surface area contributed by atoms with Crippen LogP contribution in [-0.4, -0.2) is 51.6 Å². The number of anilines is 1. The highest BCUT2D eigenvalue weighted by atomic mass is 32.2. The van der Waals surface area contributed by atoms with Crippen molar-refractivity contribution in [3.63, 3.8) is 0 Å². The largest absolute Gasteiger partial charge is 0.384 e. The summed E-state index contributed by atoms with van der Waals surface area (Å²) >= 11 is 0. The molecule has 13 heteroatoms. The van der Waals surface area contributed by atoms with Crippen molar-refractivity contribution in [3.05, 3.63) is 82.1 Å². The minimum Gasteiger partial charge on any atom is -0.384 e. The van der Waals surface area contributed by atoms with Crippen LogP contribution in [0.3, 0.4) is 0 Å². The van der Waals surface area contributed by atoms with Crippen molar-refractivity contribution in [2.45, 2.75) is 76.3 Å². The van der Waals surface area contributed by atoms with E-state index in [-0.39, 0.29) is 10.6 Å². The molecule has 4 aromatic rings. The maximum absolute atomic E-state index is 13.0. The summed E-state index contributed by atoms with van der Waals surface area (Å²) < 4.78 is 36.1. The third kappa shape index (κ3) is 8.60. The van der Waals surface area contributed by atoms with E-state index in [2.05, 4.69) is 32.5 Å². The number of nitrogens with zero attached hydrogens (tertiary/aromatic N) is 5. The number of aliphatic hydroxyl groups excluding tert-OH is 1. The van der Waals surface area contributed by atoms with E-state index in [1.807, 2.05) is 12.1 Å². The summed E-state index contributed by atoms with van der Waals surface area (Å²) in [7, 11) is -3.84. The predicted molar refractivity (Wildman–Crippen MR) is 159 cm³/mol. The van der Waals surface area contributed by atoms with E-state index in [1.165, 1.54) is 52.9 Å². The van der Waals surface area contributed by atoms with E-state index >= 15 is 0 Å². The molecule has 12 nitrogen and oxygen atoms in total. The third-order valence-electron chi connectivity index (χ3n) is 6.86. The smallest absolute Gasteiger partial charge is 0.368 e. The van der Waals surface area contributed by atoms with Crippen LogP contribution in [0.25, 0.3) is 5.69 Å². The van der Waals surface area contributed by atoms with Crippen molar-refractivity contribution in [1.29, 1.82) is 0 Å². The van der Waals surface area contributed by atoms with Crippen LogP contribution in [0.1, 0.15) is 68.6 Å². The zero-order valence-corrected chi connectivity index (χ0v) is 24.9. The molecule has 1 unspecified atom stereocenters. The summed E-state index contributed by atoms with van der Waals surface area (Å²) in [6.45, 7) is 5.43. The molecule has 42 heavy (non-hydrogen) atoms. The number of aromatic nitrogens is 5. The van der Waals surface area contributed by atoms with Gasteiger partial charge in [0.1, 0.15) is 6.10 Å². The van der Waals surface area contributed by atoms with Crippen LogP contribution in [-0.2, 0) is 23.0 Å². The normalized spacial score (nSPS) is 12.5. The molecule has 0 bridgehead atoms. The first kappa shape index (κ1) is 31.1. The SMILES string of the molecule is CCCCCCCCn1nnn(-c2ccc(S(=O)(=O)Nc3ccc(CCNCC(O)c4cc(C)no4)cc3)cc2)c1=O. The Kier molecular flexibility index (Phi) is 11.0. The Bertz CT molecular complexity index is 1560. The number of tetrazole rings is 1. The number of nitrogens with one attached hydrogen (secondary N) is 2. The molecule has 3 N–H and O–H groups in total. The average Bonchev–Trinajstić information content (AvgIpc) is 3.59. The van der Waals surface area contributed by atoms with Gasteiger partial charge in [-0.25, -0.2) is 13.2 Å². The molecule has 2 heterocycles. The second kappa shape index (κ2) is 14.9. The van der Waals surface area contributed by atoms with Crippen molar-refractivity contribution >= 4 is 15.7 Å². The predicted octanol–water partition coefficient (Wildman–Crippen LogP) is 3.75. The number of rotatable bonds is 17. The summed E-state index contributed by atoms with van der Waals surface area (Å²) in [4.78, 5) is 12.8. The quantitative estimate of drug-likeness (QED) is 0.154. The fraction of sp³-hybridized carbons (Fsp3) is 0.448. The summed E-state index contributed by atoms with van der Waals surface area (Å²) in [5, 5.41) is 25.0. The first-order valence-electron chi connectivity index (χ1n) is 14.3. The minimum absolute atomic E-state index is 0.0626. The molecule has 0 radical (unpaired) electrons. The maximum Gasteiger partial charge on any atom is 0.368 e. The van der Waals surface area contributed by atoms with Gasteiger partial charge in [-0.05, 0) is 78.7 Å². The van der Waals surface area contributed by atoms with Crippen molar-refractivity contribution in [3.8, 4) is 5.69 Å². The van der Waals surface area contributed by atoms with Gasteiger partial charge in [0.2, 0.25) is 0 Å². The van der Waals surface area contributed by atoms with E-state index in [0.29, 0.717) is 48.9 Å². The topological polar surface area (TPSA) is 157 Å². The number of aliphatic hydroxyl groups is 1. The van der Waals surface area contributed by atoms with Gasteiger partial charge < -0.3 is 14.9 Å². The van der Waals surface area contributed by atoms with E-state index in [0.717, 1.165) is 24.8 Å². The van der Waals surface area contributed by atoms with Crippen molar-refractivity contribution < 1.29 is 18.0 Å². The fourth-order valence-electron chi connectivity index (χ4n) is 4.45. The van der Waals surface area contributed by atoms with E-state index < -0.39 is 16.1 Å². The van der Waals surface area contributed by atoms with Crippen LogP contribution in [0.5, 0.6) is 0 Å². The van der Waals surface area contributed by atoms with E-state index in [1.54, 1.807) is 25.1 Å². The molecule has 0 saturated carbocycles. The van der Waals surface area contributed by atoms with Crippen LogP contribution in [0, 0.1) is 6.92 Å². The first-order valence-corrected chi connectivity index (χ1v) is 15.8. The van der Waals surface area contributed by atoms with Crippen LogP contribution in [0.15, 0.2) is 68.8 Å². The van der Waals surface area contributed by atoms with Gasteiger partial charge >= 0.3 is 5.69 Å². The number of aryl methyl sites for hydroxylation is 2. The standard InChI is InChI=1S/C29H39N7O5S/c1-3-4-5-6-7-8-19-35-29(38)36(34-33-35)25-13-15-26(16-14-25)42(39,40)32-24-11-9-23(10-12-24)17-18-30-21-27(37)28-20-22(2)31-41-28/h9-16,20,27,30,32,37H,3-8,17-19,21H2,1-2H3. The highest BCUT2D eigenvalue weighted by Gasteiger charge is 2.16. The number of unbranched alkanes of at least 4 members (excludes halogenated alkanes) is 5. The molecule has 0 saturated heterocycles. The number of hydrogen-bond donors (Lipinski definition) is 3. The van der Waals surface area contributed by atoms with Crippen LogP contribution < -0.4 is 15.7 Å². The van der Waals surface area contributed by atoms with Gasteiger partial charge in [0.05, 0.1) is 16.3 Å². The summed E-state index contributed by atoms with van der Waals surface area (Å²) in [6, 6.07) is 14.7. The Balaban J connectivity index is 1.26. The maximum atomic E-state index is 13.0. The number of sulfonamides is 1. The van der Waals surface area contributed by atoms with Crippen LogP contribution in [0.4, 0.5) is 5.69 Å². The van der Waals surface area contributed by atoms with Gasteiger partial charge in [-0.1, -0.05) is 56.3 Å². The van der Waals surface area contributed by atoms with Gasteiger partial charge in [0.25, 0.3) is 10.0 Å². The second-order valence-electron chi connectivity index (χ2n) is 10.3. The molecule has 4 rings (SSSR count). The molecule has 0 aliphatic carbocycles. The molecule has 0 spiro atoms. The molecule has 0 aliphatic rings. The summed E-state index contributed by atoms with van der Waals surface area (Å²) in [5.41, 5.74) is 2.24. The van der Waals surface area contributed by atoms with Crippen molar-refractivity contribution in [1.82, 2.24) is 30.3 Å². The highest BCUT2D eigenvalue weighted by Crippen LogP contribution is 2.18. The van der Waals surface area contributed by atoms with Crippen molar-refractivity contribution in [2.24, 2.45) is 0 Å². The second-order valence-corrected chi connectivity index (χ2v) is 12.0. The molecule has 0 amide bonds. The Morgan fingerprint density at radius 2 is 1.69 bits per heavy atom. The Morgan fingerprint density at radius 3 is 2.38 bits per heavy atom. The zero-order valence-electron chi connectivity index (χ0n) is 24.1. The monoisotopic (exact) mass is 597 g/mol. The Hall–Kier alpha value is -3.81. The Morgan fingerprint density at radius 1 is 0.976 bits per heavy atom.